The highest BCUT2D eigenvalue weighted by Crippen LogP contribution is 2.53. The van der Waals surface area contributed by atoms with Crippen LogP contribution < -0.4 is 10.2 Å². The predicted molar refractivity (Wildman–Crippen MR) is 86.7 cm³/mol. The Morgan fingerprint density at radius 3 is 2.58 bits per heavy atom. The molecular weight excluding hydrogens is 385 g/mol. The molecular formula is C17H12BrF3N2O. The van der Waals surface area contributed by atoms with E-state index in [9.17, 15) is 18.0 Å². The van der Waals surface area contributed by atoms with Crippen molar-refractivity contribution in [2.45, 2.75) is 17.8 Å². The lowest BCUT2D eigenvalue weighted by molar-refractivity contribution is -0.159. The van der Waals surface area contributed by atoms with Gasteiger partial charge in [-0.2, -0.15) is 13.2 Å². The average molecular weight is 397 g/mol. The molecule has 2 unspecified atom stereocenters. The van der Waals surface area contributed by atoms with E-state index in [4.69, 9.17) is 0 Å². The van der Waals surface area contributed by atoms with E-state index in [2.05, 4.69) is 21.2 Å². The van der Waals surface area contributed by atoms with E-state index in [-0.39, 0.29) is 5.56 Å². The molecule has 4 rings (SSSR count). The minimum absolute atomic E-state index is 0.0968. The summed E-state index contributed by atoms with van der Waals surface area (Å²) in [5.74, 6) is -0.408. The topological polar surface area (TPSA) is 32.3 Å². The van der Waals surface area contributed by atoms with Gasteiger partial charge in [-0.3, -0.25) is 10.1 Å². The van der Waals surface area contributed by atoms with Crippen LogP contribution in [0.25, 0.3) is 0 Å². The van der Waals surface area contributed by atoms with E-state index < -0.39 is 23.7 Å². The molecule has 24 heavy (non-hydrogen) atoms. The van der Waals surface area contributed by atoms with Gasteiger partial charge in [-0.15, -0.1) is 0 Å². The number of fused-ring (bicyclic) bond motifs is 4. The van der Waals surface area contributed by atoms with Crippen molar-refractivity contribution in [3.8, 4) is 0 Å². The second kappa shape index (κ2) is 4.83. The number of hydrogen-bond donors (Lipinski definition) is 1. The van der Waals surface area contributed by atoms with Gasteiger partial charge in [0.15, 0.2) is 5.54 Å². The first-order valence-corrected chi connectivity index (χ1v) is 8.08. The van der Waals surface area contributed by atoms with Crippen molar-refractivity contribution in [2.75, 3.05) is 11.9 Å². The molecule has 0 bridgehead atoms. The first kappa shape index (κ1) is 15.7. The SMILES string of the molecule is CN1C(=O)C2(NC(C(F)(F)F)c3ccccc32)c2cc(Br)ccc21. The van der Waals surface area contributed by atoms with Crippen LogP contribution in [0.1, 0.15) is 22.7 Å². The highest BCUT2D eigenvalue weighted by molar-refractivity contribution is 9.10. The lowest BCUT2D eigenvalue weighted by Gasteiger charge is -2.26. The number of alkyl halides is 3. The predicted octanol–water partition coefficient (Wildman–Crippen LogP) is 3.88. The van der Waals surface area contributed by atoms with Gasteiger partial charge in [-0.25, -0.2) is 0 Å². The number of hydrogen-bond acceptors (Lipinski definition) is 2. The van der Waals surface area contributed by atoms with Gasteiger partial charge < -0.3 is 4.90 Å². The molecule has 0 saturated carbocycles. The zero-order chi connectivity index (χ0) is 17.3. The van der Waals surface area contributed by atoms with Crippen molar-refractivity contribution < 1.29 is 18.0 Å². The smallest absolute Gasteiger partial charge is 0.313 e. The number of rotatable bonds is 0. The Bertz CT molecular complexity index is 867. The van der Waals surface area contributed by atoms with E-state index in [1.165, 1.54) is 11.0 Å². The monoisotopic (exact) mass is 396 g/mol. The molecule has 1 spiro atoms. The molecule has 2 aliphatic heterocycles. The Balaban J connectivity index is 2.03. The second-order valence-electron chi connectivity index (χ2n) is 5.98. The van der Waals surface area contributed by atoms with Gasteiger partial charge in [0, 0.05) is 22.8 Å². The van der Waals surface area contributed by atoms with Gasteiger partial charge in [-0.05, 0) is 29.3 Å². The molecule has 0 radical (unpaired) electrons. The number of carbonyl (C=O) groups is 1. The molecule has 2 heterocycles. The van der Waals surface area contributed by atoms with E-state index in [1.807, 2.05) is 0 Å². The van der Waals surface area contributed by atoms with E-state index >= 15 is 0 Å². The van der Waals surface area contributed by atoms with Crippen molar-refractivity contribution in [2.24, 2.45) is 0 Å². The van der Waals surface area contributed by atoms with E-state index in [0.29, 0.717) is 21.3 Å². The third kappa shape index (κ3) is 1.85. The van der Waals surface area contributed by atoms with Crippen molar-refractivity contribution in [3.63, 3.8) is 0 Å². The first-order chi connectivity index (χ1) is 11.3. The van der Waals surface area contributed by atoms with E-state index in [1.54, 1.807) is 43.4 Å². The van der Waals surface area contributed by atoms with Crippen LogP contribution in [-0.4, -0.2) is 19.1 Å². The lowest BCUT2D eigenvalue weighted by Crippen LogP contribution is -2.49. The number of nitrogens with zero attached hydrogens (tertiary/aromatic N) is 1. The van der Waals surface area contributed by atoms with Gasteiger partial charge in [0.2, 0.25) is 0 Å². The van der Waals surface area contributed by atoms with E-state index in [0.717, 1.165) is 0 Å². The molecule has 124 valence electrons. The maximum Gasteiger partial charge on any atom is 0.407 e. The molecule has 7 heteroatoms. The Hall–Kier alpha value is -1.86. The largest absolute Gasteiger partial charge is 0.407 e. The maximum atomic E-state index is 13.6. The van der Waals surface area contributed by atoms with Gasteiger partial charge in [0.1, 0.15) is 6.04 Å². The molecule has 2 aliphatic rings. The number of nitrogens with one attached hydrogen (secondary N) is 1. The fourth-order valence-electron chi connectivity index (χ4n) is 3.70. The summed E-state index contributed by atoms with van der Waals surface area (Å²) in [6, 6.07) is 9.57. The molecule has 3 nitrogen and oxygen atoms in total. The fourth-order valence-corrected chi connectivity index (χ4v) is 4.06. The summed E-state index contributed by atoms with van der Waals surface area (Å²) < 4.78 is 41.4. The van der Waals surface area contributed by atoms with Gasteiger partial charge in [0.25, 0.3) is 5.91 Å². The molecule has 0 aliphatic carbocycles. The van der Waals surface area contributed by atoms with Crippen molar-refractivity contribution in [3.05, 3.63) is 63.6 Å². The fraction of sp³-hybridized carbons (Fsp3) is 0.235. The summed E-state index contributed by atoms with van der Waals surface area (Å²) in [6.07, 6.45) is -4.49. The molecule has 2 aromatic carbocycles. The molecule has 2 aromatic rings. The number of likely N-dealkylation sites (N-methyl/N-ethyl adjacent to an activating group) is 1. The molecule has 2 atom stereocenters. The Morgan fingerprint density at radius 2 is 1.88 bits per heavy atom. The van der Waals surface area contributed by atoms with Crippen molar-refractivity contribution >= 4 is 27.5 Å². The van der Waals surface area contributed by atoms with Crippen LogP contribution in [-0.2, 0) is 10.3 Å². The molecule has 0 saturated heterocycles. The summed E-state index contributed by atoms with van der Waals surface area (Å²) in [6.45, 7) is 0. The Kier molecular flexibility index (Phi) is 3.15. The highest BCUT2D eigenvalue weighted by Gasteiger charge is 2.61. The Labute approximate surface area is 144 Å². The van der Waals surface area contributed by atoms with Crippen LogP contribution in [0.3, 0.4) is 0 Å². The Morgan fingerprint density at radius 1 is 1.17 bits per heavy atom. The third-order valence-electron chi connectivity index (χ3n) is 4.71. The minimum Gasteiger partial charge on any atom is -0.313 e. The van der Waals surface area contributed by atoms with Crippen LogP contribution in [0.15, 0.2) is 46.9 Å². The molecule has 0 aromatic heterocycles. The minimum atomic E-state index is -4.49. The average Bonchev–Trinajstić information content (AvgIpc) is 2.98. The standard InChI is InChI=1S/C17H12BrF3N2O/c1-23-13-7-6-9(18)8-12(13)16(15(23)24)11-5-3-2-4-10(11)14(22-16)17(19,20)21/h2-8,14,22H,1H3. The molecule has 1 N–H and O–H groups in total. The number of amides is 1. The number of anilines is 1. The zero-order valence-corrected chi connectivity index (χ0v) is 14.1. The quantitative estimate of drug-likeness (QED) is 0.732. The molecule has 0 fully saturated rings. The van der Waals surface area contributed by atoms with Crippen LogP contribution >= 0.6 is 15.9 Å². The number of halogens is 4. The number of benzene rings is 2. The van der Waals surface area contributed by atoms with Gasteiger partial charge >= 0.3 is 6.18 Å². The van der Waals surface area contributed by atoms with Crippen LogP contribution in [0.2, 0.25) is 0 Å². The van der Waals surface area contributed by atoms with Gasteiger partial charge in [-0.1, -0.05) is 40.2 Å². The van der Waals surface area contributed by atoms with Gasteiger partial charge in [0.05, 0.1) is 0 Å². The van der Waals surface area contributed by atoms with Crippen LogP contribution in [0, 0.1) is 0 Å². The van der Waals surface area contributed by atoms with Crippen LogP contribution in [0.4, 0.5) is 18.9 Å². The third-order valence-corrected chi connectivity index (χ3v) is 5.21. The normalized spacial score (nSPS) is 25.3. The first-order valence-electron chi connectivity index (χ1n) is 7.29. The van der Waals surface area contributed by atoms with Crippen molar-refractivity contribution in [1.82, 2.24) is 5.32 Å². The summed E-state index contributed by atoms with van der Waals surface area (Å²) >= 11 is 3.35. The van der Waals surface area contributed by atoms with Crippen LogP contribution in [0.5, 0.6) is 0 Å². The summed E-state index contributed by atoms with van der Waals surface area (Å²) in [4.78, 5) is 14.4. The lowest BCUT2D eigenvalue weighted by atomic mass is 9.84. The highest BCUT2D eigenvalue weighted by atomic mass is 79.9. The summed E-state index contributed by atoms with van der Waals surface area (Å²) in [7, 11) is 1.58. The second-order valence-corrected chi connectivity index (χ2v) is 6.90. The molecule has 1 amide bonds. The van der Waals surface area contributed by atoms with Crippen molar-refractivity contribution in [1.29, 1.82) is 0 Å². The maximum absolute atomic E-state index is 13.6. The summed E-state index contributed by atoms with van der Waals surface area (Å²) in [5.41, 5.74) is 0.0856. The zero-order valence-electron chi connectivity index (χ0n) is 12.5. The summed E-state index contributed by atoms with van der Waals surface area (Å²) in [5, 5.41) is 2.60. The number of carbonyl (C=O) groups excluding carboxylic acids is 1.